The summed E-state index contributed by atoms with van der Waals surface area (Å²) in [7, 11) is 0. The second kappa shape index (κ2) is 9.13. The molecule has 1 aromatic carbocycles. The van der Waals surface area contributed by atoms with Gasteiger partial charge in [0.1, 0.15) is 5.75 Å². The molecule has 0 saturated heterocycles. The molecule has 2 unspecified atom stereocenters. The van der Waals surface area contributed by atoms with Crippen LogP contribution in [0.25, 0.3) is 0 Å². The van der Waals surface area contributed by atoms with Gasteiger partial charge in [0.05, 0.1) is 6.10 Å². The van der Waals surface area contributed by atoms with E-state index < -0.39 is 6.10 Å². The molecule has 1 aromatic heterocycles. The van der Waals surface area contributed by atoms with E-state index in [0.717, 1.165) is 41.5 Å². The number of benzene rings is 1. The summed E-state index contributed by atoms with van der Waals surface area (Å²) >= 11 is 0. The number of pyridine rings is 1. The second-order valence-electron chi connectivity index (χ2n) is 10.0. The number of hydrogen-bond donors (Lipinski definition) is 2. The van der Waals surface area contributed by atoms with E-state index in [-0.39, 0.29) is 16.7 Å². The maximum Gasteiger partial charge on any atom is 0.123 e. The smallest absolute Gasteiger partial charge is 0.123 e. The molecule has 0 fully saturated rings. The average molecular weight is 396 g/mol. The zero-order valence-electron chi connectivity index (χ0n) is 18.9. The fourth-order valence-electron chi connectivity index (χ4n) is 3.79. The lowest BCUT2D eigenvalue weighted by Gasteiger charge is -2.31. The number of nitrogens with zero attached hydrogens (tertiary/aromatic N) is 1. The number of phenols is 1. The minimum absolute atomic E-state index is 0.0613. The molecule has 0 aliphatic heterocycles. The van der Waals surface area contributed by atoms with Crippen molar-refractivity contribution in [2.45, 2.75) is 83.7 Å². The molecule has 0 bridgehead atoms. The molecule has 0 amide bonds. The fourth-order valence-corrected chi connectivity index (χ4v) is 3.79. The van der Waals surface area contributed by atoms with Gasteiger partial charge in [0.25, 0.3) is 0 Å². The highest BCUT2D eigenvalue weighted by Crippen LogP contribution is 2.43. The SMILES string of the molecule is C=CCCCC(c1cccnc1)C(O)c1cc(C(C)(C)C)c(O)c(C(C)(C)C)c1. The van der Waals surface area contributed by atoms with Gasteiger partial charge in [-0.3, -0.25) is 4.98 Å². The Hall–Kier alpha value is -2.13. The maximum atomic E-state index is 11.5. The third kappa shape index (κ3) is 5.70. The van der Waals surface area contributed by atoms with E-state index in [9.17, 15) is 10.2 Å². The molecule has 3 nitrogen and oxygen atoms in total. The van der Waals surface area contributed by atoms with Gasteiger partial charge in [-0.1, -0.05) is 53.7 Å². The van der Waals surface area contributed by atoms with Crippen LogP contribution in [-0.2, 0) is 10.8 Å². The number of allylic oxidation sites excluding steroid dienone is 1. The maximum absolute atomic E-state index is 11.5. The Morgan fingerprint density at radius 2 is 1.62 bits per heavy atom. The Labute approximate surface area is 176 Å². The molecule has 2 aromatic rings. The third-order valence-corrected chi connectivity index (χ3v) is 5.51. The number of hydrogen-bond acceptors (Lipinski definition) is 3. The predicted octanol–water partition coefficient (Wildman–Crippen LogP) is 6.56. The number of unbranched alkanes of at least 4 members (excludes halogenated alkanes) is 1. The van der Waals surface area contributed by atoms with Crippen LogP contribution in [0.5, 0.6) is 5.75 Å². The molecule has 3 heteroatoms. The molecule has 1 heterocycles. The molecular formula is C26H37NO2. The first-order chi connectivity index (χ1) is 13.5. The molecule has 0 aliphatic rings. The minimum Gasteiger partial charge on any atom is -0.507 e. The van der Waals surface area contributed by atoms with Crippen molar-refractivity contribution in [1.29, 1.82) is 0 Å². The number of aromatic nitrogens is 1. The summed E-state index contributed by atoms with van der Waals surface area (Å²) in [6.45, 7) is 16.4. The van der Waals surface area contributed by atoms with E-state index in [1.54, 1.807) is 6.20 Å². The summed E-state index contributed by atoms with van der Waals surface area (Å²) in [5.74, 6) is 0.277. The summed E-state index contributed by atoms with van der Waals surface area (Å²) < 4.78 is 0. The molecule has 158 valence electrons. The normalized spacial score (nSPS) is 14.4. The standard InChI is InChI=1S/C26H37NO2/c1-8-9-10-13-20(18-12-11-14-27-17-18)23(28)19-15-21(25(2,3)4)24(29)22(16-19)26(5,6)7/h8,11-12,14-17,20,23,28-29H,1,9-10,13H2,2-7H3. The van der Waals surface area contributed by atoms with Crippen molar-refractivity contribution >= 4 is 0 Å². The molecule has 0 saturated carbocycles. The number of rotatable bonds is 7. The van der Waals surface area contributed by atoms with Gasteiger partial charge in [0, 0.05) is 18.3 Å². The Kier molecular flexibility index (Phi) is 7.29. The Balaban J connectivity index is 2.57. The number of phenolic OH excluding ortho intramolecular Hbond substituents is 1. The molecule has 2 atom stereocenters. The van der Waals surface area contributed by atoms with Gasteiger partial charge in [-0.2, -0.15) is 0 Å². The monoisotopic (exact) mass is 395 g/mol. The van der Waals surface area contributed by atoms with Crippen LogP contribution in [0, 0.1) is 0 Å². The van der Waals surface area contributed by atoms with E-state index in [0.29, 0.717) is 5.75 Å². The van der Waals surface area contributed by atoms with Crippen LogP contribution >= 0.6 is 0 Å². The number of aromatic hydroxyl groups is 1. The van der Waals surface area contributed by atoms with E-state index in [1.807, 2.05) is 36.5 Å². The quantitative estimate of drug-likeness (QED) is 0.412. The lowest BCUT2D eigenvalue weighted by atomic mass is 9.76. The highest BCUT2D eigenvalue weighted by molar-refractivity contribution is 5.50. The van der Waals surface area contributed by atoms with Crippen LogP contribution in [0.2, 0.25) is 0 Å². The first-order valence-corrected chi connectivity index (χ1v) is 10.5. The Morgan fingerprint density at radius 1 is 1.03 bits per heavy atom. The highest BCUT2D eigenvalue weighted by atomic mass is 16.3. The summed E-state index contributed by atoms with van der Waals surface area (Å²) in [4.78, 5) is 4.27. The lowest BCUT2D eigenvalue weighted by molar-refractivity contribution is 0.138. The molecule has 29 heavy (non-hydrogen) atoms. The van der Waals surface area contributed by atoms with Crippen molar-refractivity contribution in [3.8, 4) is 5.75 Å². The van der Waals surface area contributed by atoms with Crippen molar-refractivity contribution in [2.75, 3.05) is 0 Å². The van der Waals surface area contributed by atoms with Crippen molar-refractivity contribution in [3.63, 3.8) is 0 Å². The van der Waals surface area contributed by atoms with E-state index >= 15 is 0 Å². The van der Waals surface area contributed by atoms with Gasteiger partial charge in [0.2, 0.25) is 0 Å². The van der Waals surface area contributed by atoms with Gasteiger partial charge in [-0.05, 0) is 70.5 Å². The number of aliphatic hydroxyl groups excluding tert-OH is 1. The van der Waals surface area contributed by atoms with Gasteiger partial charge < -0.3 is 10.2 Å². The van der Waals surface area contributed by atoms with Crippen LogP contribution in [0.15, 0.2) is 49.3 Å². The van der Waals surface area contributed by atoms with Crippen LogP contribution in [-0.4, -0.2) is 15.2 Å². The van der Waals surface area contributed by atoms with Gasteiger partial charge in [0.15, 0.2) is 0 Å². The Morgan fingerprint density at radius 3 is 2.07 bits per heavy atom. The zero-order valence-corrected chi connectivity index (χ0v) is 18.9. The van der Waals surface area contributed by atoms with Gasteiger partial charge in [-0.25, -0.2) is 0 Å². The topological polar surface area (TPSA) is 53.4 Å². The lowest BCUT2D eigenvalue weighted by Crippen LogP contribution is -2.20. The zero-order chi connectivity index (χ0) is 21.8. The first kappa shape index (κ1) is 23.2. The average Bonchev–Trinajstić information content (AvgIpc) is 2.64. The summed E-state index contributed by atoms with van der Waals surface area (Å²) in [6.07, 6.45) is 7.56. The molecule has 2 N–H and O–H groups in total. The van der Waals surface area contributed by atoms with Crippen molar-refractivity contribution in [2.24, 2.45) is 0 Å². The van der Waals surface area contributed by atoms with Gasteiger partial charge >= 0.3 is 0 Å². The summed E-state index contributed by atoms with van der Waals surface area (Å²) in [6, 6.07) is 7.91. The predicted molar refractivity (Wildman–Crippen MR) is 121 cm³/mol. The minimum atomic E-state index is -0.674. The largest absolute Gasteiger partial charge is 0.507 e. The third-order valence-electron chi connectivity index (χ3n) is 5.51. The second-order valence-corrected chi connectivity index (χ2v) is 10.0. The fraction of sp³-hybridized carbons (Fsp3) is 0.500. The summed E-state index contributed by atoms with van der Waals surface area (Å²) in [5.41, 5.74) is 3.17. The highest BCUT2D eigenvalue weighted by Gasteiger charge is 2.30. The molecule has 2 rings (SSSR count). The first-order valence-electron chi connectivity index (χ1n) is 10.5. The Bertz CT molecular complexity index is 778. The van der Waals surface area contributed by atoms with Gasteiger partial charge in [-0.15, -0.1) is 6.58 Å². The van der Waals surface area contributed by atoms with Crippen LogP contribution in [0.1, 0.15) is 95.1 Å². The summed E-state index contributed by atoms with van der Waals surface area (Å²) in [5, 5.41) is 22.5. The van der Waals surface area contributed by atoms with Crippen molar-refractivity contribution in [3.05, 3.63) is 71.6 Å². The molecule has 0 radical (unpaired) electrons. The van der Waals surface area contributed by atoms with E-state index in [4.69, 9.17) is 0 Å². The van der Waals surface area contributed by atoms with Crippen molar-refractivity contribution in [1.82, 2.24) is 4.98 Å². The molecule has 0 aliphatic carbocycles. The van der Waals surface area contributed by atoms with E-state index in [2.05, 4.69) is 53.1 Å². The molecule has 0 spiro atoms. The van der Waals surface area contributed by atoms with E-state index in [1.165, 1.54) is 0 Å². The van der Waals surface area contributed by atoms with Crippen LogP contribution < -0.4 is 0 Å². The molecular weight excluding hydrogens is 358 g/mol. The van der Waals surface area contributed by atoms with Crippen LogP contribution in [0.4, 0.5) is 0 Å². The van der Waals surface area contributed by atoms with Crippen molar-refractivity contribution < 1.29 is 10.2 Å². The number of aliphatic hydroxyl groups is 1. The van der Waals surface area contributed by atoms with Crippen LogP contribution in [0.3, 0.4) is 0 Å².